The van der Waals surface area contributed by atoms with Gasteiger partial charge in [0.25, 0.3) is 0 Å². The number of H-pyrrole nitrogens is 1. The molecule has 0 unspecified atom stereocenters. The van der Waals surface area contributed by atoms with Gasteiger partial charge in [-0.25, -0.2) is 8.78 Å². The van der Waals surface area contributed by atoms with Gasteiger partial charge in [0.2, 0.25) is 5.91 Å². The van der Waals surface area contributed by atoms with Crippen LogP contribution < -0.4 is 0 Å². The summed E-state index contributed by atoms with van der Waals surface area (Å²) in [6.45, 7) is 3.22. The Morgan fingerprint density at radius 1 is 0.941 bits per heavy atom. The first kappa shape index (κ1) is 22.2. The van der Waals surface area contributed by atoms with Gasteiger partial charge in [-0.1, -0.05) is 6.07 Å². The van der Waals surface area contributed by atoms with Crippen molar-refractivity contribution < 1.29 is 13.6 Å². The quantitative estimate of drug-likeness (QED) is 0.434. The SMILES string of the molecule is O=C1CN(CCCc2c[nH]c3ccc(-n4cnnc4)cc23)CCN1CCc1ccc(F)c(F)c1. The van der Waals surface area contributed by atoms with Crippen molar-refractivity contribution in [2.24, 2.45) is 0 Å². The molecule has 1 amide bonds. The van der Waals surface area contributed by atoms with Crippen molar-refractivity contribution in [2.45, 2.75) is 19.3 Å². The van der Waals surface area contributed by atoms with Crippen molar-refractivity contribution in [1.29, 1.82) is 0 Å². The zero-order valence-electron chi connectivity index (χ0n) is 18.8. The molecule has 4 aromatic rings. The van der Waals surface area contributed by atoms with Gasteiger partial charge in [-0.3, -0.25) is 14.3 Å². The molecule has 1 fully saturated rings. The van der Waals surface area contributed by atoms with Crippen molar-refractivity contribution in [3.63, 3.8) is 0 Å². The smallest absolute Gasteiger partial charge is 0.236 e. The molecule has 0 spiro atoms. The molecule has 0 aliphatic carbocycles. The van der Waals surface area contributed by atoms with E-state index >= 15 is 0 Å². The highest BCUT2D eigenvalue weighted by Gasteiger charge is 2.23. The maximum absolute atomic E-state index is 13.4. The fourth-order valence-corrected chi connectivity index (χ4v) is 4.50. The number of halogens is 2. The summed E-state index contributed by atoms with van der Waals surface area (Å²) in [5.41, 5.74) is 4.06. The Balaban J connectivity index is 1.11. The predicted molar refractivity (Wildman–Crippen MR) is 125 cm³/mol. The van der Waals surface area contributed by atoms with Crippen LogP contribution in [0.4, 0.5) is 8.78 Å². The summed E-state index contributed by atoms with van der Waals surface area (Å²) in [5.74, 6) is -1.62. The fraction of sp³-hybridized carbons (Fsp3) is 0.320. The number of benzene rings is 2. The molecule has 1 aliphatic rings. The summed E-state index contributed by atoms with van der Waals surface area (Å²) in [6, 6.07) is 10.1. The number of amides is 1. The molecule has 0 saturated carbocycles. The Bertz CT molecular complexity index is 1290. The van der Waals surface area contributed by atoms with E-state index in [0.717, 1.165) is 43.2 Å². The summed E-state index contributed by atoms with van der Waals surface area (Å²) in [5, 5.41) is 8.93. The Kier molecular flexibility index (Phi) is 6.35. The third kappa shape index (κ3) is 4.84. The third-order valence-corrected chi connectivity index (χ3v) is 6.44. The minimum Gasteiger partial charge on any atom is -0.361 e. The topological polar surface area (TPSA) is 70.0 Å². The normalized spacial score (nSPS) is 14.9. The van der Waals surface area contributed by atoms with Crippen LogP contribution in [0.2, 0.25) is 0 Å². The molecule has 3 heterocycles. The van der Waals surface area contributed by atoms with E-state index in [2.05, 4.69) is 38.4 Å². The van der Waals surface area contributed by atoms with Gasteiger partial charge < -0.3 is 9.88 Å². The van der Waals surface area contributed by atoms with Crippen LogP contribution in [0.15, 0.2) is 55.2 Å². The highest BCUT2D eigenvalue weighted by Crippen LogP contribution is 2.23. The Labute approximate surface area is 196 Å². The molecule has 2 aromatic heterocycles. The van der Waals surface area contributed by atoms with Crippen molar-refractivity contribution in [1.82, 2.24) is 29.5 Å². The summed E-state index contributed by atoms with van der Waals surface area (Å²) < 4.78 is 28.4. The molecular formula is C25H26F2N6O. The van der Waals surface area contributed by atoms with Crippen molar-refractivity contribution in [2.75, 3.05) is 32.7 Å². The second-order valence-corrected chi connectivity index (χ2v) is 8.67. The van der Waals surface area contributed by atoms with E-state index < -0.39 is 11.6 Å². The number of aromatic nitrogens is 4. The molecule has 5 rings (SSSR count). The zero-order chi connectivity index (χ0) is 23.5. The number of fused-ring (bicyclic) bond motifs is 1. The van der Waals surface area contributed by atoms with Crippen molar-refractivity contribution >= 4 is 16.8 Å². The van der Waals surface area contributed by atoms with Gasteiger partial charge in [0.1, 0.15) is 12.7 Å². The minimum absolute atomic E-state index is 0.0829. The van der Waals surface area contributed by atoms with Crippen LogP contribution in [-0.4, -0.2) is 68.2 Å². The van der Waals surface area contributed by atoms with E-state index in [-0.39, 0.29) is 5.91 Å². The monoisotopic (exact) mass is 464 g/mol. The number of hydrogen-bond donors (Lipinski definition) is 1. The molecule has 0 radical (unpaired) electrons. The Morgan fingerprint density at radius 2 is 1.79 bits per heavy atom. The van der Waals surface area contributed by atoms with Crippen LogP contribution in [-0.2, 0) is 17.6 Å². The largest absolute Gasteiger partial charge is 0.361 e. The number of aromatic amines is 1. The summed E-state index contributed by atoms with van der Waals surface area (Å²) >= 11 is 0. The molecule has 7 nitrogen and oxygen atoms in total. The maximum Gasteiger partial charge on any atom is 0.236 e. The highest BCUT2D eigenvalue weighted by molar-refractivity contribution is 5.85. The number of nitrogens with zero attached hydrogens (tertiary/aromatic N) is 5. The van der Waals surface area contributed by atoms with Crippen molar-refractivity contribution in [3.05, 3.63) is 78.0 Å². The van der Waals surface area contributed by atoms with Crippen LogP contribution in [0, 0.1) is 11.6 Å². The second-order valence-electron chi connectivity index (χ2n) is 8.67. The fourth-order valence-electron chi connectivity index (χ4n) is 4.50. The van der Waals surface area contributed by atoms with Crippen LogP contribution >= 0.6 is 0 Å². The van der Waals surface area contributed by atoms with Gasteiger partial charge in [-0.05, 0) is 67.3 Å². The first-order chi connectivity index (χ1) is 16.6. The highest BCUT2D eigenvalue weighted by atomic mass is 19.2. The van der Waals surface area contributed by atoms with Gasteiger partial charge in [0.05, 0.1) is 6.54 Å². The van der Waals surface area contributed by atoms with Crippen LogP contribution in [0.5, 0.6) is 0 Å². The molecule has 1 aliphatic heterocycles. The average molecular weight is 465 g/mol. The number of aryl methyl sites for hydroxylation is 1. The van der Waals surface area contributed by atoms with Gasteiger partial charge in [-0.2, -0.15) is 0 Å². The lowest BCUT2D eigenvalue weighted by Crippen LogP contribution is -2.51. The summed E-state index contributed by atoms with van der Waals surface area (Å²) in [6.07, 6.45) is 7.80. The van der Waals surface area contributed by atoms with E-state index in [0.29, 0.717) is 31.6 Å². The van der Waals surface area contributed by atoms with E-state index in [4.69, 9.17) is 0 Å². The number of nitrogens with one attached hydrogen (secondary N) is 1. The minimum atomic E-state index is -0.850. The number of carbonyl (C=O) groups excluding carboxylic acids is 1. The first-order valence-electron chi connectivity index (χ1n) is 11.5. The number of hydrogen-bond acceptors (Lipinski definition) is 4. The molecular weight excluding hydrogens is 438 g/mol. The van der Waals surface area contributed by atoms with E-state index in [1.54, 1.807) is 18.7 Å². The predicted octanol–water partition coefficient (Wildman–Crippen LogP) is 3.35. The van der Waals surface area contributed by atoms with Gasteiger partial charge in [0.15, 0.2) is 11.6 Å². The lowest BCUT2D eigenvalue weighted by molar-refractivity contribution is -0.135. The Hall–Kier alpha value is -3.59. The van der Waals surface area contributed by atoms with Crippen LogP contribution in [0.25, 0.3) is 16.6 Å². The molecule has 2 aromatic carbocycles. The lowest BCUT2D eigenvalue weighted by Gasteiger charge is -2.34. The lowest BCUT2D eigenvalue weighted by atomic mass is 10.1. The van der Waals surface area contributed by atoms with Crippen molar-refractivity contribution in [3.8, 4) is 5.69 Å². The van der Waals surface area contributed by atoms with Crippen LogP contribution in [0.1, 0.15) is 17.5 Å². The number of carbonyl (C=O) groups is 1. The Morgan fingerprint density at radius 3 is 2.59 bits per heavy atom. The average Bonchev–Trinajstić information content (AvgIpc) is 3.51. The van der Waals surface area contributed by atoms with E-state index in [1.807, 2.05) is 15.5 Å². The maximum atomic E-state index is 13.4. The van der Waals surface area contributed by atoms with E-state index in [1.165, 1.54) is 17.0 Å². The van der Waals surface area contributed by atoms with Gasteiger partial charge in [0, 0.05) is 42.4 Å². The summed E-state index contributed by atoms with van der Waals surface area (Å²) in [4.78, 5) is 19.9. The zero-order valence-corrected chi connectivity index (χ0v) is 18.8. The molecule has 9 heteroatoms. The number of rotatable bonds is 8. The molecule has 0 atom stereocenters. The molecule has 1 saturated heterocycles. The van der Waals surface area contributed by atoms with Crippen LogP contribution in [0.3, 0.4) is 0 Å². The molecule has 1 N–H and O–H groups in total. The second kappa shape index (κ2) is 9.72. The summed E-state index contributed by atoms with van der Waals surface area (Å²) in [7, 11) is 0. The molecule has 34 heavy (non-hydrogen) atoms. The van der Waals surface area contributed by atoms with E-state index in [9.17, 15) is 13.6 Å². The third-order valence-electron chi connectivity index (χ3n) is 6.44. The van der Waals surface area contributed by atoms with Gasteiger partial charge in [-0.15, -0.1) is 10.2 Å². The number of piperazine rings is 1. The standard InChI is InChI=1S/C25H26F2N6O/c26-22-5-3-18(12-23(22)27)7-9-32-11-10-31(15-25(32)34)8-1-2-19-14-28-24-6-4-20(13-21(19)24)33-16-29-30-17-33/h3-6,12-14,16-17,28H,1-2,7-11,15H2. The molecule has 0 bridgehead atoms. The van der Waals surface area contributed by atoms with Gasteiger partial charge >= 0.3 is 0 Å². The molecule has 176 valence electrons. The first-order valence-corrected chi connectivity index (χ1v) is 11.5.